The minimum atomic E-state index is -0.329. The highest BCUT2D eigenvalue weighted by Gasteiger charge is 2.25. The zero-order valence-electron chi connectivity index (χ0n) is 5.92. The fraction of sp³-hybridized carbons (Fsp3) is 0.833. The molecule has 1 heterocycles. The van der Waals surface area contributed by atoms with Gasteiger partial charge in [-0.25, -0.2) is 5.48 Å². The van der Waals surface area contributed by atoms with Crippen molar-refractivity contribution in [3.05, 3.63) is 0 Å². The predicted molar refractivity (Wildman–Crippen MR) is 35.5 cm³/mol. The van der Waals surface area contributed by atoms with Gasteiger partial charge in [0.05, 0.1) is 6.04 Å². The second-order valence-corrected chi connectivity index (χ2v) is 2.78. The lowest BCUT2D eigenvalue weighted by Crippen LogP contribution is -2.38. The normalized spacial score (nSPS) is 32.2. The SMILES string of the molecule is CC1CNC(C(=O)NO)C1. The van der Waals surface area contributed by atoms with E-state index in [0.29, 0.717) is 5.92 Å². The predicted octanol–water partition coefficient (Wildman–Crippen LogP) is -0.510. The summed E-state index contributed by atoms with van der Waals surface area (Å²) < 4.78 is 0. The van der Waals surface area contributed by atoms with Crippen molar-refractivity contribution in [2.75, 3.05) is 6.54 Å². The van der Waals surface area contributed by atoms with Crippen molar-refractivity contribution < 1.29 is 10.0 Å². The van der Waals surface area contributed by atoms with Crippen LogP contribution in [0.25, 0.3) is 0 Å². The summed E-state index contributed by atoms with van der Waals surface area (Å²) in [5.41, 5.74) is 1.63. The average molecular weight is 144 g/mol. The van der Waals surface area contributed by atoms with Gasteiger partial charge in [-0.3, -0.25) is 10.0 Å². The summed E-state index contributed by atoms with van der Waals surface area (Å²) in [4.78, 5) is 10.7. The number of hydroxylamine groups is 1. The second kappa shape index (κ2) is 2.98. The highest BCUT2D eigenvalue weighted by atomic mass is 16.5. The molecule has 0 spiro atoms. The summed E-state index contributed by atoms with van der Waals surface area (Å²) in [6, 6.07) is -0.194. The zero-order chi connectivity index (χ0) is 7.56. The Morgan fingerprint density at radius 2 is 2.50 bits per heavy atom. The standard InChI is InChI=1S/C6H12N2O2/c1-4-2-5(7-3-4)6(9)8-10/h4-5,7,10H,2-3H2,1H3,(H,8,9). The second-order valence-electron chi connectivity index (χ2n) is 2.78. The quantitative estimate of drug-likeness (QED) is 0.343. The summed E-state index contributed by atoms with van der Waals surface area (Å²) in [5, 5.41) is 11.2. The Bertz CT molecular complexity index is 138. The van der Waals surface area contributed by atoms with Crippen molar-refractivity contribution in [2.24, 2.45) is 5.92 Å². The molecule has 0 aromatic carbocycles. The molecule has 1 amide bonds. The fourth-order valence-electron chi connectivity index (χ4n) is 1.19. The van der Waals surface area contributed by atoms with Gasteiger partial charge >= 0.3 is 0 Å². The zero-order valence-corrected chi connectivity index (χ0v) is 5.92. The van der Waals surface area contributed by atoms with Crippen LogP contribution in [0.4, 0.5) is 0 Å². The molecule has 1 aliphatic rings. The first-order valence-electron chi connectivity index (χ1n) is 3.41. The lowest BCUT2D eigenvalue weighted by Gasteiger charge is -2.05. The third-order valence-corrected chi connectivity index (χ3v) is 1.78. The number of hydrogen-bond donors (Lipinski definition) is 3. The van der Waals surface area contributed by atoms with Gasteiger partial charge in [0.1, 0.15) is 0 Å². The molecule has 0 aliphatic carbocycles. The van der Waals surface area contributed by atoms with Crippen LogP contribution in [-0.2, 0) is 4.79 Å². The van der Waals surface area contributed by atoms with E-state index in [9.17, 15) is 4.79 Å². The molecule has 1 fully saturated rings. The Labute approximate surface area is 59.6 Å². The molecule has 4 heteroatoms. The van der Waals surface area contributed by atoms with E-state index >= 15 is 0 Å². The third kappa shape index (κ3) is 1.46. The molecular weight excluding hydrogens is 132 g/mol. The first-order valence-corrected chi connectivity index (χ1v) is 3.41. The number of carbonyl (C=O) groups is 1. The Kier molecular flexibility index (Phi) is 2.24. The summed E-state index contributed by atoms with van der Waals surface area (Å²) in [6.07, 6.45) is 0.812. The first-order chi connectivity index (χ1) is 4.74. The fourth-order valence-corrected chi connectivity index (χ4v) is 1.19. The van der Waals surface area contributed by atoms with E-state index in [4.69, 9.17) is 5.21 Å². The molecule has 1 saturated heterocycles. The van der Waals surface area contributed by atoms with Crippen molar-refractivity contribution in [1.82, 2.24) is 10.8 Å². The van der Waals surface area contributed by atoms with E-state index in [0.717, 1.165) is 13.0 Å². The topological polar surface area (TPSA) is 61.4 Å². The number of amides is 1. The van der Waals surface area contributed by atoms with Crippen molar-refractivity contribution in [2.45, 2.75) is 19.4 Å². The van der Waals surface area contributed by atoms with Gasteiger partial charge in [-0.15, -0.1) is 0 Å². The lowest BCUT2D eigenvalue weighted by atomic mass is 10.1. The molecule has 0 saturated carbocycles. The Hall–Kier alpha value is -0.610. The largest absolute Gasteiger partial charge is 0.306 e. The molecule has 10 heavy (non-hydrogen) atoms. The van der Waals surface area contributed by atoms with Crippen molar-refractivity contribution in [1.29, 1.82) is 0 Å². The molecule has 1 aliphatic heterocycles. The number of rotatable bonds is 1. The van der Waals surface area contributed by atoms with Crippen molar-refractivity contribution in [3.63, 3.8) is 0 Å². The molecule has 0 bridgehead atoms. The Morgan fingerprint density at radius 1 is 1.80 bits per heavy atom. The highest BCUT2D eigenvalue weighted by molar-refractivity contribution is 5.80. The van der Waals surface area contributed by atoms with E-state index in [2.05, 4.69) is 12.2 Å². The van der Waals surface area contributed by atoms with Gasteiger partial charge in [-0.05, 0) is 18.9 Å². The van der Waals surface area contributed by atoms with Crippen LogP contribution in [0.2, 0.25) is 0 Å². The smallest absolute Gasteiger partial charge is 0.260 e. The molecule has 0 aromatic heterocycles. The molecule has 58 valence electrons. The summed E-state index contributed by atoms with van der Waals surface area (Å²) >= 11 is 0. The maximum absolute atomic E-state index is 10.7. The Balaban J connectivity index is 2.37. The Morgan fingerprint density at radius 3 is 2.90 bits per heavy atom. The molecule has 2 unspecified atom stereocenters. The molecule has 2 atom stereocenters. The van der Waals surface area contributed by atoms with Crippen LogP contribution in [-0.4, -0.2) is 23.7 Å². The number of hydrogen-bond acceptors (Lipinski definition) is 3. The van der Waals surface area contributed by atoms with Gasteiger partial charge in [0.25, 0.3) is 5.91 Å². The summed E-state index contributed by atoms with van der Waals surface area (Å²) in [6.45, 7) is 2.93. The molecule has 3 N–H and O–H groups in total. The van der Waals surface area contributed by atoms with Gasteiger partial charge in [-0.1, -0.05) is 6.92 Å². The van der Waals surface area contributed by atoms with Gasteiger partial charge in [-0.2, -0.15) is 0 Å². The van der Waals surface area contributed by atoms with Crippen molar-refractivity contribution in [3.8, 4) is 0 Å². The maximum atomic E-state index is 10.7. The van der Waals surface area contributed by atoms with Crippen LogP contribution in [0.5, 0.6) is 0 Å². The number of carbonyl (C=O) groups excluding carboxylic acids is 1. The van der Waals surface area contributed by atoms with Gasteiger partial charge in [0.15, 0.2) is 0 Å². The van der Waals surface area contributed by atoms with Gasteiger partial charge in [0.2, 0.25) is 0 Å². The molecule has 0 radical (unpaired) electrons. The summed E-state index contributed by atoms with van der Waals surface area (Å²) in [7, 11) is 0. The van der Waals surface area contributed by atoms with E-state index in [1.165, 1.54) is 0 Å². The highest BCUT2D eigenvalue weighted by Crippen LogP contribution is 2.11. The summed E-state index contributed by atoms with van der Waals surface area (Å²) in [5.74, 6) is 0.201. The van der Waals surface area contributed by atoms with Crippen LogP contribution in [0.15, 0.2) is 0 Å². The molecule has 4 nitrogen and oxygen atoms in total. The number of nitrogens with one attached hydrogen (secondary N) is 2. The van der Waals surface area contributed by atoms with Crippen LogP contribution < -0.4 is 10.8 Å². The average Bonchev–Trinajstić information content (AvgIpc) is 2.34. The van der Waals surface area contributed by atoms with Crippen LogP contribution in [0, 0.1) is 5.92 Å². The van der Waals surface area contributed by atoms with E-state index in [1.807, 2.05) is 0 Å². The van der Waals surface area contributed by atoms with E-state index in [-0.39, 0.29) is 11.9 Å². The van der Waals surface area contributed by atoms with Crippen LogP contribution in [0.3, 0.4) is 0 Å². The van der Waals surface area contributed by atoms with Gasteiger partial charge in [0, 0.05) is 0 Å². The van der Waals surface area contributed by atoms with E-state index < -0.39 is 0 Å². The van der Waals surface area contributed by atoms with Crippen molar-refractivity contribution >= 4 is 5.91 Å². The molecular formula is C6H12N2O2. The maximum Gasteiger partial charge on any atom is 0.260 e. The first kappa shape index (κ1) is 7.50. The minimum absolute atomic E-state index is 0.194. The van der Waals surface area contributed by atoms with Gasteiger partial charge < -0.3 is 5.32 Å². The minimum Gasteiger partial charge on any atom is -0.306 e. The van der Waals surface area contributed by atoms with Crippen LogP contribution >= 0.6 is 0 Å². The third-order valence-electron chi connectivity index (χ3n) is 1.78. The molecule has 0 aromatic rings. The van der Waals surface area contributed by atoms with Crippen LogP contribution in [0.1, 0.15) is 13.3 Å². The molecule has 1 rings (SSSR count). The lowest BCUT2D eigenvalue weighted by molar-refractivity contribution is -0.131. The van der Waals surface area contributed by atoms with E-state index in [1.54, 1.807) is 5.48 Å². The monoisotopic (exact) mass is 144 g/mol.